The molecular weight excluding hydrogens is 219 g/mol. The molecule has 1 aromatic rings. The van der Waals surface area contributed by atoms with E-state index < -0.39 is 5.95 Å². The highest BCUT2D eigenvalue weighted by molar-refractivity contribution is 5.92. The Balaban J connectivity index is 1.87. The average Bonchev–Trinajstić information content (AvgIpc) is 2.37. The lowest BCUT2D eigenvalue weighted by atomic mass is 9.94. The lowest BCUT2D eigenvalue weighted by molar-refractivity contribution is 0.0940. The van der Waals surface area contributed by atoms with Crippen molar-refractivity contribution in [2.45, 2.75) is 19.3 Å². The molecule has 90 valence electrons. The lowest BCUT2D eigenvalue weighted by Gasteiger charge is -2.17. The van der Waals surface area contributed by atoms with Crippen LogP contribution in [0.1, 0.15) is 29.8 Å². The Kier molecular flexibility index (Phi) is 3.85. The van der Waals surface area contributed by atoms with Gasteiger partial charge in [0.25, 0.3) is 5.91 Å². The standard InChI is InChI=1S/C13H15FN2O/c14-12-8-4-7-11(16-12)13(17)15-9-10-5-2-1-3-6-10/h1-2,4,7-8,10H,3,5-6,9H2,(H,15,17). The van der Waals surface area contributed by atoms with E-state index in [-0.39, 0.29) is 11.6 Å². The highest BCUT2D eigenvalue weighted by atomic mass is 19.1. The van der Waals surface area contributed by atoms with Crippen LogP contribution >= 0.6 is 0 Å². The third-order valence-corrected chi connectivity index (χ3v) is 2.88. The second kappa shape index (κ2) is 5.57. The fourth-order valence-corrected chi connectivity index (χ4v) is 1.90. The summed E-state index contributed by atoms with van der Waals surface area (Å²) < 4.78 is 12.8. The van der Waals surface area contributed by atoms with E-state index in [0.29, 0.717) is 12.5 Å². The summed E-state index contributed by atoms with van der Waals surface area (Å²) in [5.74, 6) is -0.449. The second-order valence-corrected chi connectivity index (χ2v) is 4.21. The predicted octanol–water partition coefficient (Wildman–Crippen LogP) is 2.31. The van der Waals surface area contributed by atoms with Crippen LogP contribution in [0.25, 0.3) is 0 Å². The minimum Gasteiger partial charge on any atom is -0.350 e. The maximum Gasteiger partial charge on any atom is 0.270 e. The number of aromatic nitrogens is 1. The molecule has 0 saturated heterocycles. The first-order valence-corrected chi connectivity index (χ1v) is 5.81. The van der Waals surface area contributed by atoms with Crippen molar-refractivity contribution in [1.82, 2.24) is 10.3 Å². The molecule has 0 aliphatic heterocycles. The van der Waals surface area contributed by atoms with E-state index in [1.165, 1.54) is 18.2 Å². The second-order valence-electron chi connectivity index (χ2n) is 4.21. The first kappa shape index (κ1) is 11.8. The fraction of sp³-hybridized carbons (Fsp3) is 0.385. The van der Waals surface area contributed by atoms with Gasteiger partial charge in [0.15, 0.2) is 0 Å². The van der Waals surface area contributed by atoms with Gasteiger partial charge in [0.2, 0.25) is 5.95 Å². The maximum atomic E-state index is 12.8. The van der Waals surface area contributed by atoms with Crippen LogP contribution in [-0.4, -0.2) is 17.4 Å². The van der Waals surface area contributed by atoms with E-state index in [4.69, 9.17) is 0 Å². The van der Waals surface area contributed by atoms with E-state index >= 15 is 0 Å². The summed E-state index contributed by atoms with van der Waals surface area (Å²) in [6.45, 7) is 0.626. The zero-order valence-electron chi connectivity index (χ0n) is 9.53. The highest BCUT2D eigenvalue weighted by Gasteiger charge is 2.13. The zero-order chi connectivity index (χ0) is 12.1. The van der Waals surface area contributed by atoms with Crippen molar-refractivity contribution >= 4 is 5.91 Å². The molecule has 1 heterocycles. The molecule has 0 aromatic carbocycles. The highest BCUT2D eigenvalue weighted by Crippen LogP contribution is 2.16. The number of hydrogen-bond donors (Lipinski definition) is 1. The Morgan fingerprint density at radius 3 is 3.06 bits per heavy atom. The van der Waals surface area contributed by atoms with Crippen LogP contribution in [0.3, 0.4) is 0 Å². The van der Waals surface area contributed by atoms with Gasteiger partial charge in [0.1, 0.15) is 5.69 Å². The van der Waals surface area contributed by atoms with Gasteiger partial charge in [-0.15, -0.1) is 0 Å². The minimum atomic E-state index is -0.627. The largest absolute Gasteiger partial charge is 0.350 e. The number of halogens is 1. The van der Waals surface area contributed by atoms with E-state index in [1.807, 2.05) is 0 Å². The van der Waals surface area contributed by atoms with Crippen LogP contribution in [0, 0.1) is 11.9 Å². The van der Waals surface area contributed by atoms with Gasteiger partial charge in [-0.25, -0.2) is 4.98 Å². The summed E-state index contributed by atoms with van der Waals surface area (Å²) in [5.41, 5.74) is 0.136. The molecule has 1 amide bonds. The van der Waals surface area contributed by atoms with Crippen molar-refractivity contribution in [3.05, 3.63) is 42.0 Å². The summed E-state index contributed by atoms with van der Waals surface area (Å²) in [6, 6.07) is 4.22. The van der Waals surface area contributed by atoms with Gasteiger partial charge >= 0.3 is 0 Å². The topological polar surface area (TPSA) is 42.0 Å². The molecule has 0 radical (unpaired) electrons. The molecule has 0 bridgehead atoms. The Bertz CT molecular complexity index is 431. The van der Waals surface area contributed by atoms with Crippen molar-refractivity contribution in [3.8, 4) is 0 Å². The molecule has 1 atom stereocenters. The van der Waals surface area contributed by atoms with Crippen molar-refractivity contribution in [3.63, 3.8) is 0 Å². The summed E-state index contributed by atoms with van der Waals surface area (Å²) in [6.07, 6.45) is 7.45. The molecule has 0 saturated carbocycles. The third-order valence-electron chi connectivity index (χ3n) is 2.88. The molecule has 1 aliphatic rings. The molecule has 1 aromatic heterocycles. The third kappa shape index (κ3) is 3.37. The average molecular weight is 234 g/mol. The van der Waals surface area contributed by atoms with Gasteiger partial charge in [0.05, 0.1) is 0 Å². The SMILES string of the molecule is O=C(NCC1CC=CCC1)c1cccc(F)n1. The normalized spacial score (nSPS) is 19.0. The molecule has 17 heavy (non-hydrogen) atoms. The smallest absolute Gasteiger partial charge is 0.270 e. The van der Waals surface area contributed by atoms with Crippen molar-refractivity contribution in [1.29, 1.82) is 0 Å². The van der Waals surface area contributed by atoms with Crippen LogP contribution < -0.4 is 5.32 Å². The van der Waals surface area contributed by atoms with E-state index in [9.17, 15) is 9.18 Å². The number of allylic oxidation sites excluding steroid dienone is 2. The molecular formula is C13H15FN2O. The maximum absolute atomic E-state index is 12.8. The van der Waals surface area contributed by atoms with Gasteiger partial charge in [-0.3, -0.25) is 4.79 Å². The molecule has 1 aliphatic carbocycles. The number of pyridine rings is 1. The predicted molar refractivity (Wildman–Crippen MR) is 63.0 cm³/mol. The summed E-state index contributed by atoms with van der Waals surface area (Å²) >= 11 is 0. The first-order valence-electron chi connectivity index (χ1n) is 5.81. The molecule has 2 rings (SSSR count). The molecule has 0 fully saturated rings. The molecule has 1 unspecified atom stereocenters. The van der Waals surface area contributed by atoms with Crippen LogP contribution in [0.5, 0.6) is 0 Å². The summed E-state index contributed by atoms with van der Waals surface area (Å²) in [4.78, 5) is 15.2. The molecule has 0 spiro atoms. The Morgan fingerprint density at radius 2 is 2.35 bits per heavy atom. The lowest BCUT2D eigenvalue weighted by Crippen LogP contribution is -2.30. The van der Waals surface area contributed by atoms with Crippen molar-refractivity contribution < 1.29 is 9.18 Å². The van der Waals surface area contributed by atoms with Gasteiger partial charge < -0.3 is 5.32 Å². The number of rotatable bonds is 3. The Morgan fingerprint density at radius 1 is 1.47 bits per heavy atom. The number of hydrogen-bond acceptors (Lipinski definition) is 2. The number of nitrogens with one attached hydrogen (secondary N) is 1. The molecule has 3 nitrogen and oxygen atoms in total. The van der Waals surface area contributed by atoms with Gasteiger partial charge in [-0.05, 0) is 37.3 Å². The quantitative estimate of drug-likeness (QED) is 0.644. The molecule has 1 N–H and O–H groups in total. The summed E-state index contributed by atoms with van der Waals surface area (Å²) in [5, 5.41) is 2.79. The summed E-state index contributed by atoms with van der Waals surface area (Å²) in [7, 11) is 0. The van der Waals surface area contributed by atoms with Crippen LogP contribution in [0.2, 0.25) is 0 Å². The van der Waals surface area contributed by atoms with Crippen LogP contribution in [0.4, 0.5) is 4.39 Å². The van der Waals surface area contributed by atoms with E-state index in [0.717, 1.165) is 19.3 Å². The van der Waals surface area contributed by atoms with E-state index in [1.54, 1.807) is 0 Å². The fourth-order valence-electron chi connectivity index (χ4n) is 1.90. The van der Waals surface area contributed by atoms with Crippen LogP contribution in [0.15, 0.2) is 30.4 Å². The number of amides is 1. The number of carbonyl (C=O) groups excluding carboxylic acids is 1. The Hall–Kier alpha value is -1.71. The molecule has 4 heteroatoms. The van der Waals surface area contributed by atoms with Crippen molar-refractivity contribution in [2.75, 3.05) is 6.54 Å². The Labute approximate surface area is 99.8 Å². The van der Waals surface area contributed by atoms with Crippen LogP contribution in [-0.2, 0) is 0 Å². The van der Waals surface area contributed by atoms with Gasteiger partial charge in [-0.1, -0.05) is 18.2 Å². The van der Waals surface area contributed by atoms with Gasteiger partial charge in [-0.2, -0.15) is 4.39 Å². The van der Waals surface area contributed by atoms with Gasteiger partial charge in [0, 0.05) is 6.54 Å². The number of nitrogens with zero attached hydrogens (tertiary/aromatic N) is 1. The minimum absolute atomic E-state index is 0.136. The van der Waals surface area contributed by atoms with Crippen molar-refractivity contribution in [2.24, 2.45) is 5.92 Å². The zero-order valence-corrected chi connectivity index (χ0v) is 9.53. The van der Waals surface area contributed by atoms with E-state index in [2.05, 4.69) is 22.5 Å². The monoisotopic (exact) mass is 234 g/mol. The first-order chi connectivity index (χ1) is 8.25. The number of carbonyl (C=O) groups is 1.